The number of rotatable bonds is 5. The first-order chi connectivity index (χ1) is 11.9. The van der Waals surface area contributed by atoms with Crippen molar-refractivity contribution in [2.75, 3.05) is 18.5 Å². The lowest BCUT2D eigenvalue weighted by Crippen LogP contribution is -2.34. The van der Waals surface area contributed by atoms with E-state index in [1.54, 1.807) is 32.0 Å². The average molecular weight is 408 g/mol. The van der Waals surface area contributed by atoms with Crippen LogP contribution in [0.15, 0.2) is 34.1 Å². The molecule has 2 atom stereocenters. The summed E-state index contributed by atoms with van der Waals surface area (Å²) in [6.07, 6.45) is 0. The van der Waals surface area contributed by atoms with Crippen LogP contribution in [0.1, 0.15) is 25.3 Å². The lowest BCUT2D eigenvalue weighted by molar-refractivity contribution is -0.146. The molecule has 0 radical (unpaired) electrons. The summed E-state index contributed by atoms with van der Waals surface area (Å²) in [6.45, 7) is 3.58. The maximum Gasteiger partial charge on any atom is 0.338 e. The Hall–Kier alpha value is -2.53. The van der Waals surface area contributed by atoms with Gasteiger partial charge in [0.05, 0.1) is 24.9 Å². The van der Waals surface area contributed by atoms with Crippen LogP contribution in [0.25, 0.3) is 0 Å². The van der Waals surface area contributed by atoms with Crippen molar-refractivity contribution in [1.82, 2.24) is 0 Å². The van der Waals surface area contributed by atoms with Crippen LogP contribution in [0.3, 0.4) is 0 Å². The summed E-state index contributed by atoms with van der Waals surface area (Å²) >= 11 is 3.37. The molecular weight excluding hydrogens is 390 g/mol. The van der Waals surface area contributed by atoms with E-state index >= 15 is 0 Å². The SMILES string of the molecule is CCOC(=O)C1=C(N)Nc2ccc(Br)cc2C1C(C#N)C(=O)OCC. The zero-order valence-corrected chi connectivity index (χ0v) is 15.4. The molecule has 1 heterocycles. The number of esters is 2. The van der Waals surface area contributed by atoms with E-state index in [4.69, 9.17) is 15.2 Å². The van der Waals surface area contributed by atoms with Gasteiger partial charge in [0, 0.05) is 16.1 Å². The molecule has 132 valence electrons. The molecule has 1 aliphatic rings. The lowest BCUT2D eigenvalue weighted by Gasteiger charge is -2.31. The molecule has 7 nitrogen and oxygen atoms in total. The quantitative estimate of drug-likeness (QED) is 0.719. The number of nitrogens with zero attached hydrogens (tertiary/aromatic N) is 1. The molecule has 1 aliphatic heterocycles. The first-order valence-electron chi connectivity index (χ1n) is 7.74. The van der Waals surface area contributed by atoms with Crippen LogP contribution in [0.4, 0.5) is 5.69 Å². The van der Waals surface area contributed by atoms with Crippen LogP contribution >= 0.6 is 15.9 Å². The van der Waals surface area contributed by atoms with Crippen molar-refractivity contribution < 1.29 is 19.1 Å². The highest BCUT2D eigenvalue weighted by Crippen LogP contribution is 2.43. The van der Waals surface area contributed by atoms with Crippen molar-refractivity contribution in [3.63, 3.8) is 0 Å². The Kier molecular flexibility index (Phi) is 6.04. The summed E-state index contributed by atoms with van der Waals surface area (Å²) in [6, 6.07) is 7.23. The summed E-state index contributed by atoms with van der Waals surface area (Å²) in [5.41, 5.74) is 7.27. The molecule has 0 saturated carbocycles. The van der Waals surface area contributed by atoms with Crippen LogP contribution in [-0.2, 0) is 19.1 Å². The number of hydrogen-bond acceptors (Lipinski definition) is 7. The minimum Gasteiger partial charge on any atom is -0.465 e. The van der Waals surface area contributed by atoms with E-state index in [1.165, 1.54) is 0 Å². The number of nitrogens with two attached hydrogens (primary N) is 1. The summed E-state index contributed by atoms with van der Waals surface area (Å²) in [5.74, 6) is -3.45. The van der Waals surface area contributed by atoms with E-state index in [-0.39, 0.29) is 24.6 Å². The second kappa shape index (κ2) is 8.03. The van der Waals surface area contributed by atoms with Crippen LogP contribution in [0.5, 0.6) is 0 Å². The highest BCUT2D eigenvalue weighted by molar-refractivity contribution is 9.10. The van der Waals surface area contributed by atoms with Gasteiger partial charge in [-0.1, -0.05) is 15.9 Å². The number of nitriles is 1. The molecule has 1 aromatic rings. The predicted molar refractivity (Wildman–Crippen MR) is 94.1 cm³/mol. The molecule has 0 spiro atoms. The van der Waals surface area contributed by atoms with Gasteiger partial charge in [0.25, 0.3) is 0 Å². The molecule has 2 unspecified atom stereocenters. The second-order valence-corrected chi connectivity index (χ2v) is 6.16. The number of hydrogen-bond donors (Lipinski definition) is 2. The van der Waals surface area contributed by atoms with Gasteiger partial charge in [0.2, 0.25) is 0 Å². The highest BCUT2D eigenvalue weighted by Gasteiger charge is 2.42. The number of fused-ring (bicyclic) bond motifs is 1. The van der Waals surface area contributed by atoms with Crippen LogP contribution in [0, 0.1) is 17.2 Å². The normalized spacial score (nSPS) is 17.0. The van der Waals surface area contributed by atoms with E-state index in [0.29, 0.717) is 11.3 Å². The molecule has 3 N–H and O–H groups in total. The Bertz CT molecular complexity index is 770. The Morgan fingerprint density at radius 2 is 2.04 bits per heavy atom. The third kappa shape index (κ3) is 3.77. The number of benzene rings is 1. The summed E-state index contributed by atoms with van der Waals surface area (Å²) in [5, 5.41) is 12.5. The van der Waals surface area contributed by atoms with Gasteiger partial charge in [-0.15, -0.1) is 0 Å². The topological polar surface area (TPSA) is 114 Å². The van der Waals surface area contributed by atoms with Crippen LogP contribution < -0.4 is 11.1 Å². The molecule has 0 fully saturated rings. The molecule has 0 saturated heterocycles. The maximum absolute atomic E-state index is 12.4. The standard InChI is InChI=1S/C17H18BrN3O4/c1-3-24-16(22)11(8-19)13-10-7-9(18)5-6-12(10)21-15(20)14(13)17(23)25-4-2/h5-7,11,13,21H,3-4,20H2,1-2H3. The smallest absolute Gasteiger partial charge is 0.338 e. The molecule has 25 heavy (non-hydrogen) atoms. The first-order valence-corrected chi connectivity index (χ1v) is 8.53. The van der Waals surface area contributed by atoms with E-state index in [2.05, 4.69) is 21.2 Å². The number of anilines is 1. The largest absolute Gasteiger partial charge is 0.465 e. The van der Waals surface area contributed by atoms with Crippen molar-refractivity contribution in [2.45, 2.75) is 19.8 Å². The van der Waals surface area contributed by atoms with Gasteiger partial charge in [0.15, 0.2) is 5.92 Å². The minimum absolute atomic E-state index is 0.0482. The highest BCUT2D eigenvalue weighted by atomic mass is 79.9. The molecular formula is C17H18BrN3O4. The number of halogens is 1. The summed E-state index contributed by atoms with van der Waals surface area (Å²) in [4.78, 5) is 24.7. The van der Waals surface area contributed by atoms with Crippen molar-refractivity contribution in [2.24, 2.45) is 11.7 Å². The van der Waals surface area contributed by atoms with Crippen molar-refractivity contribution in [3.05, 3.63) is 39.6 Å². The average Bonchev–Trinajstić information content (AvgIpc) is 2.56. The number of carbonyl (C=O) groups excluding carboxylic acids is 2. The zero-order valence-electron chi connectivity index (χ0n) is 13.8. The third-order valence-corrected chi connectivity index (χ3v) is 4.22. The fourth-order valence-corrected chi connectivity index (χ4v) is 3.11. The minimum atomic E-state index is -1.23. The van der Waals surface area contributed by atoms with E-state index in [9.17, 15) is 14.9 Å². The molecule has 0 amide bonds. The van der Waals surface area contributed by atoms with Crippen molar-refractivity contribution in [1.29, 1.82) is 5.26 Å². The van der Waals surface area contributed by atoms with Gasteiger partial charge < -0.3 is 20.5 Å². The fourth-order valence-electron chi connectivity index (χ4n) is 2.73. The molecule has 0 aromatic heterocycles. The fraction of sp³-hybridized carbons (Fsp3) is 0.353. The zero-order chi connectivity index (χ0) is 18.6. The van der Waals surface area contributed by atoms with Gasteiger partial charge in [-0.25, -0.2) is 4.79 Å². The van der Waals surface area contributed by atoms with Gasteiger partial charge in [0.1, 0.15) is 5.82 Å². The Balaban J connectivity index is 2.63. The Labute approximate surface area is 153 Å². The predicted octanol–water partition coefficient (Wildman–Crippen LogP) is 2.39. The van der Waals surface area contributed by atoms with E-state index in [1.807, 2.05) is 6.07 Å². The number of ether oxygens (including phenoxy) is 2. The third-order valence-electron chi connectivity index (χ3n) is 3.73. The van der Waals surface area contributed by atoms with Gasteiger partial charge in [-0.2, -0.15) is 5.26 Å². The van der Waals surface area contributed by atoms with E-state index in [0.717, 1.165) is 4.47 Å². The van der Waals surface area contributed by atoms with Gasteiger partial charge in [-0.3, -0.25) is 4.79 Å². The Morgan fingerprint density at radius 3 is 2.64 bits per heavy atom. The molecule has 0 aliphatic carbocycles. The summed E-state index contributed by atoms with van der Waals surface area (Å²) in [7, 11) is 0. The van der Waals surface area contributed by atoms with Gasteiger partial charge >= 0.3 is 11.9 Å². The molecule has 2 rings (SSSR count). The van der Waals surface area contributed by atoms with E-state index < -0.39 is 23.8 Å². The van der Waals surface area contributed by atoms with Crippen LogP contribution in [0.2, 0.25) is 0 Å². The molecule has 0 bridgehead atoms. The lowest BCUT2D eigenvalue weighted by atomic mass is 9.78. The Morgan fingerprint density at radius 1 is 1.36 bits per heavy atom. The second-order valence-electron chi connectivity index (χ2n) is 5.24. The summed E-state index contributed by atoms with van der Waals surface area (Å²) < 4.78 is 10.8. The van der Waals surface area contributed by atoms with Crippen molar-refractivity contribution >= 4 is 33.6 Å². The van der Waals surface area contributed by atoms with Gasteiger partial charge in [-0.05, 0) is 37.6 Å². The van der Waals surface area contributed by atoms with Crippen LogP contribution in [-0.4, -0.2) is 25.2 Å². The first kappa shape index (κ1) is 18.8. The molecule has 1 aromatic carbocycles. The number of carbonyl (C=O) groups is 2. The van der Waals surface area contributed by atoms with Crippen molar-refractivity contribution in [3.8, 4) is 6.07 Å². The maximum atomic E-state index is 12.4. The molecule has 8 heteroatoms. The number of nitrogens with one attached hydrogen (secondary N) is 1. The monoisotopic (exact) mass is 407 g/mol.